The molecule has 3 rings (SSSR count). The highest BCUT2D eigenvalue weighted by Gasteiger charge is 2.10. The van der Waals surface area contributed by atoms with Crippen LogP contribution >= 0.6 is 11.6 Å². The standard InChI is InChI=1S/C14H15ClN4O2/c15-12-7-13(19-14(16)18-12)17-8-9-2-3-10-11(6-9)21-5-1-4-20-10/h2-3,6-7H,1,4-5,8H2,(H3,16,17,18,19). The van der Waals surface area contributed by atoms with Gasteiger partial charge >= 0.3 is 0 Å². The second-order valence-corrected chi connectivity index (χ2v) is 5.01. The summed E-state index contributed by atoms with van der Waals surface area (Å²) in [5.74, 6) is 2.28. The molecule has 0 atom stereocenters. The smallest absolute Gasteiger partial charge is 0.223 e. The van der Waals surface area contributed by atoms with Gasteiger partial charge in [0.25, 0.3) is 0 Å². The van der Waals surface area contributed by atoms with Gasteiger partial charge in [0.05, 0.1) is 13.2 Å². The third-order valence-corrected chi connectivity index (χ3v) is 3.19. The van der Waals surface area contributed by atoms with Crippen molar-refractivity contribution in [3.63, 3.8) is 0 Å². The highest BCUT2D eigenvalue weighted by molar-refractivity contribution is 6.29. The van der Waals surface area contributed by atoms with Gasteiger partial charge in [-0.1, -0.05) is 17.7 Å². The Morgan fingerprint density at radius 2 is 1.95 bits per heavy atom. The molecular weight excluding hydrogens is 292 g/mol. The molecule has 2 aromatic rings. The predicted molar refractivity (Wildman–Crippen MR) is 80.8 cm³/mol. The van der Waals surface area contributed by atoms with Crippen molar-refractivity contribution in [1.29, 1.82) is 0 Å². The summed E-state index contributed by atoms with van der Waals surface area (Å²) in [6, 6.07) is 7.48. The number of aromatic nitrogens is 2. The van der Waals surface area contributed by atoms with E-state index in [1.807, 2.05) is 18.2 Å². The average molecular weight is 307 g/mol. The minimum Gasteiger partial charge on any atom is -0.490 e. The summed E-state index contributed by atoms with van der Waals surface area (Å²) < 4.78 is 11.3. The Morgan fingerprint density at radius 3 is 2.76 bits per heavy atom. The fourth-order valence-electron chi connectivity index (χ4n) is 2.04. The number of nitrogens with two attached hydrogens (primary N) is 1. The monoisotopic (exact) mass is 306 g/mol. The summed E-state index contributed by atoms with van der Waals surface area (Å²) >= 11 is 5.84. The first kappa shape index (κ1) is 13.8. The van der Waals surface area contributed by atoms with E-state index in [1.54, 1.807) is 6.07 Å². The van der Waals surface area contributed by atoms with Crippen molar-refractivity contribution in [3.05, 3.63) is 35.0 Å². The lowest BCUT2D eigenvalue weighted by molar-refractivity contribution is 0.297. The second kappa shape index (κ2) is 6.05. The quantitative estimate of drug-likeness (QED) is 0.848. The van der Waals surface area contributed by atoms with Crippen molar-refractivity contribution in [1.82, 2.24) is 9.97 Å². The van der Waals surface area contributed by atoms with E-state index in [4.69, 9.17) is 26.8 Å². The van der Waals surface area contributed by atoms with E-state index in [0.29, 0.717) is 30.7 Å². The minimum absolute atomic E-state index is 0.142. The van der Waals surface area contributed by atoms with Crippen molar-refractivity contribution in [2.75, 3.05) is 24.3 Å². The Hall–Kier alpha value is -2.21. The van der Waals surface area contributed by atoms with E-state index in [-0.39, 0.29) is 5.95 Å². The van der Waals surface area contributed by atoms with Crippen molar-refractivity contribution >= 4 is 23.4 Å². The van der Waals surface area contributed by atoms with Gasteiger partial charge in [-0.3, -0.25) is 0 Å². The third kappa shape index (κ3) is 3.46. The Balaban J connectivity index is 1.71. The third-order valence-electron chi connectivity index (χ3n) is 3.00. The highest BCUT2D eigenvalue weighted by atomic mass is 35.5. The number of benzene rings is 1. The van der Waals surface area contributed by atoms with Gasteiger partial charge in [-0.05, 0) is 17.7 Å². The average Bonchev–Trinajstić information content (AvgIpc) is 2.68. The molecule has 1 aromatic heterocycles. The van der Waals surface area contributed by atoms with Crippen molar-refractivity contribution < 1.29 is 9.47 Å². The molecule has 0 saturated heterocycles. The zero-order chi connectivity index (χ0) is 14.7. The molecule has 2 heterocycles. The fourth-order valence-corrected chi connectivity index (χ4v) is 2.23. The van der Waals surface area contributed by atoms with E-state index in [0.717, 1.165) is 23.5 Å². The molecule has 0 amide bonds. The summed E-state index contributed by atoms with van der Waals surface area (Å²) in [5, 5.41) is 3.46. The SMILES string of the molecule is Nc1nc(Cl)cc(NCc2ccc3c(c2)OCCCO3)n1. The lowest BCUT2D eigenvalue weighted by atomic mass is 10.2. The van der Waals surface area contributed by atoms with Crippen LogP contribution in [0.25, 0.3) is 0 Å². The van der Waals surface area contributed by atoms with Crippen LogP contribution in [0, 0.1) is 0 Å². The zero-order valence-corrected chi connectivity index (χ0v) is 12.1. The molecule has 1 aliphatic heterocycles. The maximum absolute atomic E-state index is 5.84. The van der Waals surface area contributed by atoms with E-state index in [9.17, 15) is 0 Å². The minimum atomic E-state index is 0.142. The first-order valence-electron chi connectivity index (χ1n) is 6.63. The maximum Gasteiger partial charge on any atom is 0.223 e. The molecule has 110 valence electrons. The van der Waals surface area contributed by atoms with Crippen LogP contribution in [0.5, 0.6) is 11.5 Å². The largest absolute Gasteiger partial charge is 0.490 e. The molecule has 3 N–H and O–H groups in total. The Labute approximate surface area is 127 Å². The molecule has 6 nitrogen and oxygen atoms in total. The molecule has 0 unspecified atom stereocenters. The van der Waals surface area contributed by atoms with Gasteiger partial charge in [0, 0.05) is 19.0 Å². The van der Waals surface area contributed by atoms with Gasteiger partial charge in [-0.2, -0.15) is 4.98 Å². The number of rotatable bonds is 3. The number of ether oxygens (including phenoxy) is 2. The lowest BCUT2D eigenvalue weighted by Crippen LogP contribution is -2.04. The van der Waals surface area contributed by atoms with Crippen molar-refractivity contribution in [2.24, 2.45) is 0 Å². The molecule has 21 heavy (non-hydrogen) atoms. The molecular formula is C14H15ClN4O2. The molecule has 0 saturated carbocycles. The number of fused-ring (bicyclic) bond motifs is 1. The van der Waals surface area contributed by atoms with Gasteiger partial charge in [0.15, 0.2) is 11.5 Å². The molecule has 7 heteroatoms. The van der Waals surface area contributed by atoms with Crippen LogP contribution < -0.4 is 20.5 Å². The summed E-state index contributed by atoms with van der Waals surface area (Å²) in [6.45, 7) is 1.93. The number of anilines is 2. The van der Waals surface area contributed by atoms with Gasteiger partial charge in [-0.25, -0.2) is 4.98 Å². The number of nitrogens with one attached hydrogen (secondary N) is 1. The number of halogens is 1. The second-order valence-electron chi connectivity index (χ2n) is 4.62. The topological polar surface area (TPSA) is 82.3 Å². The summed E-state index contributed by atoms with van der Waals surface area (Å²) in [7, 11) is 0. The molecule has 0 bridgehead atoms. The first-order chi connectivity index (χ1) is 10.2. The maximum atomic E-state index is 5.84. The van der Waals surface area contributed by atoms with E-state index >= 15 is 0 Å². The summed E-state index contributed by atoms with van der Waals surface area (Å²) in [6.07, 6.45) is 0.890. The van der Waals surface area contributed by atoms with Crippen LogP contribution in [0.4, 0.5) is 11.8 Å². The summed E-state index contributed by atoms with van der Waals surface area (Å²) in [4.78, 5) is 7.88. The number of nitrogens with zero attached hydrogens (tertiary/aromatic N) is 2. The lowest BCUT2D eigenvalue weighted by Gasteiger charge is -2.10. The van der Waals surface area contributed by atoms with Gasteiger partial charge < -0.3 is 20.5 Å². The zero-order valence-electron chi connectivity index (χ0n) is 11.3. The van der Waals surface area contributed by atoms with Gasteiger partial charge in [0.2, 0.25) is 5.95 Å². The normalized spacial score (nSPS) is 13.6. The van der Waals surface area contributed by atoms with Gasteiger partial charge in [-0.15, -0.1) is 0 Å². The Kier molecular flexibility index (Phi) is 3.96. The van der Waals surface area contributed by atoms with Crippen LogP contribution in [0.3, 0.4) is 0 Å². The predicted octanol–water partition coefficient (Wildman–Crippen LogP) is 2.49. The summed E-state index contributed by atoms with van der Waals surface area (Å²) in [5.41, 5.74) is 6.60. The van der Waals surface area contributed by atoms with Crippen LogP contribution in [0.15, 0.2) is 24.3 Å². The fraction of sp³-hybridized carbons (Fsp3) is 0.286. The van der Waals surface area contributed by atoms with E-state index in [1.165, 1.54) is 0 Å². The van der Waals surface area contributed by atoms with E-state index < -0.39 is 0 Å². The van der Waals surface area contributed by atoms with Gasteiger partial charge in [0.1, 0.15) is 11.0 Å². The number of nitrogen functional groups attached to an aromatic ring is 1. The first-order valence-corrected chi connectivity index (χ1v) is 7.01. The van der Waals surface area contributed by atoms with Crippen LogP contribution in [0.1, 0.15) is 12.0 Å². The number of hydrogen-bond acceptors (Lipinski definition) is 6. The molecule has 1 aliphatic rings. The Morgan fingerprint density at radius 1 is 1.14 bits per heavy atom. The number of hydrogen-bond donors (Lipinski definition) is 2. The van der Waals surface area contributed by atoms with Crippen LogP contribution in [-0.2, 0) is 6.54 Å². The highest BCUT2D eigenvalue weighted by Crippen LogP contribution is 2.30. The molecule has 0 radical (unpaired) electrons. The molecule has 1 aromatic carbocycles. The van der Waals surface area contributed by atoms with Crippen LogP contribution in [-0.4, -0.2) is 23.2 Å². The molecule has 0 spiro atoms. The molecule has 0 aliphatic carbocycles. The molecule has 0 fully saturated rings. The van der Waals surface area contributed by atoms with Crippen LogP contribution in [0.2, 0.25) is 5.15 Å². The van der Waals surface area contributed by atoms with E-state index in [2.05, 4.69) is 15.3 Å². The van der Waals surface area contributed by atoms with Crippen molar-refractivity contribution in [2.45, 2.75) is 13.0 Å². The van der Waals surface area contributed by atoms with Crippen molar-refractivity contribution in [3.8, 4) is 11.5 Å². The Bertz CT molecular complexity index is 631.